The molecule has 0 saturated carbocycles. The summed E-state index contributed by atoms with van der Waals surface area (Å²) in [4.78, 5) is 15.3. The standard InChI is InChI=1S/C9H12N2O2.CH4/c1-10-6-8(12)7-4-3-5-9(11-7)13-2;/h3-5,10H,6H2,1-2H3;1H4. The van der Waals surface area contributed by atoms with Crippen LogP contribution in [0, 0.1) is 0 Å². The summed E-state index contributed by atoms with van der Waals surface area (Å²) in [5.74, 6) is 0.420. The van der Waals surface area contributed by atoms with Crippen molar-refractivity contribution in [2.45, 2.75) is 7.43 Å². The van der Waals surface area contributed by atoms with E-state index in [9.17, 15) is 4.79 Å². The molecule has 0 bridgehead atoms. The van der Waals surface area contributed by atoms with Crippen LogP contribution in [0.25, 0.3) is 0 Å². The Bertz CT molecular complexity index is 300. The first-order chi connectivity index (χ1) is 6.27. The van der Waals surface area contributed by atoms with Crippen molar-refractivity contribution in [1.29, 1.82) is 0 Å². The second-order valence-electron chi connectivity index (χ2n) is 2.52. The minimum absolute atomic E-state index is 0. The topological polar surface area (TPSA) is 51.2 Å². The van der Waals surface area contributed by atoms with E-state index < -0.39 is 0 Å². The van der Waals surface area contributed by atoms with E-state index in [0.717, 1.165) is 0 Å². The van der Waals surface area contributed by atoms with Crippen LogP contribution in [0.5, 0.6) is 5.88 Å². The number of nitrogens with one attached hydrogen (secondary N) is 1. The molecule has 0 unspecified atom stereocenters. The Morgan fingerprint density at radius 1 is 1.57 bits per heavy atom. The molecule has 0 spiro atoms. The van der Waals surface area contributed by atoms with E-state index in [4.69, 9.17) is 4.74 Å². The van der Waals surface area contributed by atoms with Crippen LogP contribution in [0.4, 0.5) is 0 Å². The molecule has 0 aliphatic heterocycles. The lowest BCUT2D eigenvalue weighted by molar-refractivity contribution is 0.0988. The number of ketones is 1. The normalized spacial score (nSPS) is 9.00. The Kier molecular flexibility index (Phi) is 5.48. The second kappa shape index (κ2) is 6.10. The van der Waals surface area contributed by atoms with Gasteiger partial charge in [0, 0.05) is 6.07 Å². The molecule has 1 aromatic rings. The highest BCUT2D eigenvalue weighted by Crippen LogP contribution is 2.06. The van der Waals surface area contributed by atoms with Gasteiger partial charge in [0.15, 0.2) is 5.78 Å². The zero-order valence-corrected chi connectivity index (χ0v) is 7.70. The van der Waals surface area contributed by atoms with Crippen LogP contribution in [0.1, 0.15) is 17.9 Å². The average molecular weight is 196 g/mol. The number of carbonyl (C=O) groups is 1. The van der Waals surface area contributed by atoms with Crippen LogP contribution in [-0.4, -0.2) is 31.5 Å². The fourth-order valence-corrected chi connectivity index (χ4v) is 0.935. The van der Waals surface area contributed by atoms with Crippen molar-refractivity contribution in [3.63, 3.8) is 0 Å². The van der Waals surface area contributed by atoms with E-state index in [0.29, 0.717) is 18.1 Å². The number of rotatable bonds is 4. The predicted octanol–water partition coefficient (Wildman–Crippen LogP) is 1.13. The number of Topliss-reactive ketones (excluding diaryl/α,β-unsaturated/α-hetero) is 1. The lowest BCUT2D eigenvalue weighted by atomic mass is 10.2. The van der Waals surface area contributed by atoms with Crippen LogP contribution in [0.2, 0.25) is 0 Å². The number of aromatic nitrogens is 1. The largest absolute Gasteiger partial charge is 0.481 e. The zero-order chi connectivity index (χ0) is 9.68. The van der Waals surface area contributed by atoms with Crippen molar-refractivity contribution in [3.05, 3.63) is 23.9 Å². The van der Waals surface area contributed by atoms with Crippen molar-refractivity contribution >= 4 is 5.78 Å². The number of hydrogen-bond acceptors (Lipinski definition) is 4. The van der Waals surface area contributed by atoms with Gasteiger partial charge in [0.25, 0.3) is 0 Å². The Balaban J connectivity index is 0.00000169. The average Bonchev–Trinajstić information content (AvgIpc) is 2.18. The molecule has 4 nitrogen and oxygen atoms in total. The molecule has 14 heavy (non-hydrogen) atoms. The van der Waals surface area contributed by atoms with E-state index >= 15 is 0 Å². The van der Waals surface area contributed by atoms with E-state index in [-0.39, 0.29) is 13.2 Å². The maximum absolute atomic E-state index is 11.3. The molecule has 1 heterocycles. The smallest absolute Gasteiger partial charge is 0.213 e. The van der Waals surface area contributed by atoms with Crippen molar-refractivity contribution in [2.24, 2.45) is 0 Å². The van der Waals surface area contributed by atoms with Crippen molar-refractivity contribution in [1.82, 2.24) is 10.3 Å². The third-order valence-corrected chi connectivity index (χ3v) is 1.56. The molecule has 0 amide bonds. The molecular weight excluding hydrogens is 180 g/mol. The monoisotopic (exact) mass is 196 g/mol. The molecular formula is C10H16N2O2. The number of methoxy groups -OCH3 is 1. The Morgan fingerprint density at radius 2 is 2.29 bits per heavy atom. The lowest BCUT2D eigenvalue weighted by Gasteiger charge is -2.01. The first kappa shape index (κ1) is 12.6. The summed E-state index contributed by atoms with van der Waals surface area (Å²) in [6, 6.07) is 5.12. The maximum Gasteiger partial charge on any atom is 0.213 e. The Labute approximate surface area is 84.3 Å². The summed E-state index contributed by atoms with van der Waals surface area (Å²) in [7, 11) is 3.24. The van der Waals surface area contributed by atoms with Gasteiger partial charge in [-0.2, -0.15) is 0 Å². The molecule has 0 aromatic carbocycles. The molecule has 0 fully saturated rings. The molecule has 78 valence electrons. The van der Waals surface area contributed by atoms with Gasteiger partial charge in [0.1, 0.15) is 5.69 Å². The summed E-state index contributed by atoms with van der Waals surface area (Å²) >= 11 is 0. The number of nitrogens with zero attached hydrogens (tertiary/aromatic N) is 1. The third-order valence-electron chi connectivity index (χ3n) is 1.56. The minimum atomic E-state index is -0.0404. The van der Waals surface area contributed by atoms with Crippen LogP contribution < -0.4 is 10.1 Å². The number of ether oxygens (including phenoxy) is 1. The van der Waals surface area contributed by atoms with Gasteiger partial charge < -0.3 is 10.1 Å². The highest BCUT2D eigenvalue weighted by atomic mass is 16.5. The SMILES string of the molecule is C.CNCC(=O)c1cccc(OC)n1. The molecule has 0 aliphatic rings. The molecule has 1 rings (SSSR count). The summed E-state index contributed by atoms with van der Waals surface area (Å²) in [6.07, 6.45) is 0. The Morgan fingerprint density at radius 3 is 2.86 bits per heavy atom. The highest BCUT2D eigenvalue weighted by Gasteiger charge is 2.06. The van der Waals surface area contributed by atoms with Crippen LogP contribution >= 0.6 is 0 Å². The third kappa shape index (κ3) is 3.14. The number of pyridine rings is 1. The molecule has 0 radical (unpaired) electrons. The van der Waals surface area contributed by atoms with Gasteiger partial charge in [-0.15, -0.1) is 0 Å². The predicted molar refractivity (Wildman–Crippen MR) is 55.8 cm³/mol. The van der Waals surface area contributed by atoms with E-state index in [1.807, 2.05) is 0 Å². The van der Waals surface area contributed by atoms with Crippen molar-refractivity contribution < 1.29 is 9.53 Å². The number of hydrogen-bond donors (Lipinski definition) is 1. The molecule has 0 aliphatic carbocycles. The van der Waals surface area contributed by atoms with Gasteiger partial charge in [-0.1, -0.05) is 13.5 Å². The quantitative estimate of drug-likeness (QED) is 0.733. The molecule has 1 N–H and O–H groups in total. The summed E-state index contributed by atoms with van der Waals surface area (Å²) in [6.45, 7) is 0.292. The van der Waals surface area contributed by atoms with Crippen molar-refractivity contribution in [2.75, 3.05) is 20.7 Å². The van der Waals surface area contributed by atoms with Gasteiger partial charge in [-0.3, -0.25) is 4.79 Å². The van der Waals surface area contributed by atoms with Gasteiger partial charge in [-0.05, 0) is 13.1 Å². The fourth-order valence-electron chi connectivity index (χ4n) is 0.935. The minimum Gasteiger partial charge on any atom is -0.481 e. The second-order valence-corrected chi connectivity index (χ2v) is 2.52. The zero-order valence-electron chi connectivity index (χ0n) is 7.70. The molecule has 0 atom stereocenters. The van der Waals surface area contributed by atoms with Crippen molar-refractivity contribution in [3.8, 4) is 5.88 Å². The van der Waals surface area contributed by atoms with Crippen LogP contribution in [0.15, 0.2) is 18.2 Å². The van der Waals surface area contributed by atoms with Gasteiger partial charge >= 0.3 is 0 Å². The summed E-state index contributed by atoms with van der Waals surface area (Å²) < 4.78 is 4.90. The van der Waals surface area contributed by atoms with Gasteiger partial charge in [0.05, 0.1) is 13.7 Å². The number of likely N-dealkylation sites (N-methyl/N-ethyl adjacent to an activating group) is 1. The summed E-state index contributed by atoms with van der Waals surface area (Å²) in [5.41, 5.74) is 0.425. The lowest BCUT2D eigenvalue weighted by Crippen LogP contribution is -2.19. The molecule has 1 aromatic heterocycles. The highest BCUT2D eigenvalue weighted by molar-refractivity contribution is 5.95. The van der Waals surface area contributed by atoms with Gasteiger partial charge in [-0.25, -0.2) is 4.98 Å². The van der Waals surface area contributed by atoms with Gasteiger partial charge in [0.2, 0.25) is 5.88 Å². The molecule has 4 heteroatoms. The van der Waals surface area contributed by atoms with Crippen LogP contribution in [0.3, 0.4) is 0 Å². The first-order valence-electron chi connectivity index (χ1n) is 3.96. The van der Waals surface area contributed by atoms with E-state index in [1.54, 1.807) is 25.2 Å². The van der Waals surface area contributed by atoms with Crippen LogP contribution in [-0.2, 0) is 0 Å². The fraction of sp³-hybridized carbons (Fsp3) is 0.400. The Hall–Kier alpha value is -1.42. The number of carbonyl (C=O) groups excluding carboxylic acids is 1. The maximum atomic E-state index is 11.3. The molecule has 0 saturated heterocycles. The van der Waals surface area contributed by atoms with E-state index in [2.05, 4.69) is 10.3 Å². The first-order valence-corrected chi connectivity index (χ1v) is 3.96. The summed E-state index contributed by atoms with van der Waals surface area (Å²) in [5, 5.41) is 2.77. The van der Waals surface area contributed by atoms with E-state index in [1.165, 1.54) is 7.11 Å².